The summed E-state index contributed by atoms with van der Waals surface area (Å²) in [6.45, 7) is 5.59. The topological polar surface area (TPSA) is 48.3 Å². The van der Waals surface area contributed by atoms with E-state index in [1.54, 1.807) is 12.1 Å². The van der Waals surface area contributed by atoms with Crippen LogP contribution in [0.3, 0.4) is 0 Å². The summed E-state index contributed by atoms with van der Waals surface area (Å²) < 4.78 is 16.0. The van der Waals surface area contributed by atoms with E-state index in [1.807, 2.05) is 20.8 Å². The van der Waals surface area contributed by atoms with Gasteiger partial charge < -0.3 is 4.55 Å². The highest BCUT2D eigenvalue weighted by Gasteiger charge is 2.25. The third kappa shape index (κ3) is 4.41. The molecule has 1 heterocycles. The smallest absolute Gasteiger partial charge is 0.144 e. The van der Waals surface area contributed by atoms with Gasteiger partial charge in [0.1, 0.15) is 27.5 Å². The van der Waals surface area contributed by atoms with Crippen LogP contribution in [0.4, 0.5) is 0 Å². The monoisotopic (exact) mass is 322 g/mol. The predicted molar refractivity (Wildman–Crippen MR) is 72.4 cm³/mol. The van der Waals surface area contributed by atoms with E-state index in [-0.39, 0.29) is 4.75 Å². The molecular formula is C10H12BrClN2OS. The number of halogens is 2. The summed E-state index contributed by atoms with van der Waals surface area (Å²) in [5, 5.41) is 0.373. The third-order valence-corrected chi connectivity index (χ3v) is 3.58. The van der Waals surface area contributed by atoms with Gasteiger partial charge in [-0.25, -0.2) is 4.98 Å². The van der Waals surface area contributed by atoms with Crippen LogP contribution in [-0.2, 0) is 11.4 Å². The lowest BCUT2D eigenvalue weighted by molar-refractivity contribution is 0.562. The van der Waals surface area contributed by atoms with Crippen molar-refractivity contribution >= 4 is 45.1 Å². The fraction of sp³-hybridized carbons (Fsp3) is 0.400. The molecule has 1 unspecified atom stereocenters. The van der Waals surface area contributed by atoms with Crippen molar-refractivity contribution in [2.45, 2.75) is 25.5 Å². The zero-order valence-corrected chi connectivity index (χ0v) is 12.4. The molecule has 0 spiro atoms. The molecule has 6 heteroatoms. The number of aromatic nitrogens is 1. The summed E-state index contributed by atoms with van der Waals surface area (Å²) in [7, 11) is 0. The van der Waals surface area contributed by atoms with Crippen molar-refractivity contribution in [1.82, 2.24) is 4.98 Å². The first kappa shape index (κ1) is 14.0. The van der Waals surface area contributed by atoms with Crippen LogP contribution in [0, 0.1) is 0 Å². The highest BCUT2D eigenvalue weighted by atomic mass is 79.9. The fourth-order valence-electron chi connectivity index (χ4n) is 0.811. The first-order valence-corrected chi connectivity index (χ1v) is 6.86. The predicted octanol–water partition coefficient (Wildman–Crippen LogP) is 3.38. The molecule has 0 saturated heterocycles. The van der Waals surface area contributed by atoms with Crippen LogP contribution in [0.2, 0.25) is 5.15 Å². The van der Waals surface area contributed by atoms with Gasteiger partial charge in [0.15, 0.2) is 0 Å². The third-order valence-electron chi connectivity index (χ3n) is 1.58. The van der Waals surface area contributed by atoms with E-state index in [2.05, 4.69) is 25.3 Å². The van der Waals surface area contributed by atoms with Gasteiger partial charge in [-0.05, 0) is 32.9 Å². The minimum Gasteiger partial charge on any atom is -0.591 e. The van der Waals surface area contributed by atoms with Crippen LogP contribution in [-0.4, -0.2) is 20.5 Å². The van der Waals surface area contributed by atoms with E-state index < -0.39 is 11.4 Å². The van der Waals surface area contributed by atoms with Crippen molar-refractivity contribution in [3.8, 4) is 0 Å². The van der Waals surface area contributed by atoms with Crippen molar-refractivity contribution in [3.05, 3.63) is 27.5 Å². The Labute approximate surface area is 112 Å². The fourth-order valence-corrected chi connectivity index (χ4v) is 2.13. The Balaban J connectivity index is 2.84. The maximum atomic E-state index is 11.6. The average molecular weight is 324 g/mol. The number of pyridine rings is 1. The zero-order chi connectivity index (χ0) is 12.3. The van der Waals surface area contributed by atoms with Crippen molar-refractivity contribution < 1.29 is 4.55 Å². The van der Waals surface area contributed by atoms with Crippen LogP contribution in [0.5, 0.6) is 0 Å². The summed E-state index contributed by atoms with van der Waals surface area (Å²) in [6, 6.07) is 3.44. The number of hydrogen-bond donors (Lipinski definition) is 0. The molecule has 1 aromatic heterocycles. The van der Waals surface area contributed by atoms with E-state index in [0.29, 0.717) is 10.8 Å². The zero-order valence-electron chi connectivity index (χ0n) is 9.20. The Morgan fingerprint density at radius 3 is 2.62 bits per heavy atom. The maximum Gasteiger partial charge on any atom is 0.144 e. The highest BCUT2D eigenvalue weighted by molar-refractivity contribution is 9.10. The first-order valence-electron chi connectivity index (χ1n) is 4.58. The quantitative estimate of drug-likeness (QED) is 0.476. The number of hydrogen-bond acceptors (Lipinski definition) is 3. The maximum absolute atomic E-state index is 11.6. The van der Waals surface area contributed by atoms with Crippen molar-refractivity contribution in [1.29, 1.82) is 0 Å². The van der Waals surface area contributed by atoms with Crippen molar-refractivity contribution in [3.63, 3.8) is 0 Å². The molecule has 0 aromatic carbocycles. The molecule has 16 heavy (non-hydrogen) atoms. The SMILES string of the molecule is CC(C)(C)[S+]([O-])N=Cc1cc(Br)cc(Cl)n1. The van der Waals surface area contributed by atoms with E-state index in [0.717, 1.165) is 4.47 Å². The van der Waals surface area contributed by atoms with Gasteiger partial charge in [-0.3, -0.25) is 0 Å². The molecular weight excluding hydrogens is 312 g/mol. The van der Waals surface area contributed by atoms with Gasteiger partial charge in [-0.1, -0.05) is 31.9 Å². The largest absolute Gasteiger partial charge is 0.591 e. The summed E-state index contributed by atoms with van der Waals surface area (Å²) in [5.41, 5.74) is 0.581. The van der Waals surface area contributed by atoms with Gasteiger partial charge in [-0.15, -0.1) is 0 Å². The molecule has 1 rings (SSSR count). The van der Waals surface area contributed by atoms with E-state index >= 15 is 0 Å². The molecule has 0 aliphatic rings. The molecule has 0 amide bonds. The molecule has 0 saturated carbocycles. The van der Waals surface area contributed by atoms with Crippen LogP contribution >= 0.6 is 27.5 Å². The Morgan fingerprint density at radius 1 is 1.50 bits per heavy atom. The molecule has 0 fully saturated rings. The molecule has 1 aromatic rings. The molecule has 0 aliphatic carbocycles. The lowest BCUT2D eigenvalue weighted by atomic mass is 10.3. The lowest BCUT2D eigenvalue weighted by Gasteiger charge is -2.17. The van der Waals surface area contributed by atoms with Crippen LogP contribution in [0.15, 0.2) is 21.0 Å². The minimum absolute atomic E-state index is 0.369. The molecule has 0 radical (unpaired) electrons. The number of rotatable bonds is 2. The molecule has 88 valence electrons. The Kier molecular flexibility index (Phi) is 4.79. The molecule has 0 bridgehead atoms. The second-order valence-electron chi connectivity index (χ2n) is 4.13. The van der Waals surface area contributed by atoms with Crippen LogP contribution in [0.25, 0.3) is 0 Å². The lowest BCUT2D eigenvalue weighted by Crippen LogP contribution is -2.25. The molecule has 0 N–H and O–H groups in total. The van der Waals surface area contributed by atoms with Gasteiger partial charge in [-0.2, -0.15) is 0 Å². The minimum atomic E-state index is -1.28. The van der Waals surface area contributed by atoms with Gasteiger partial charge in [0.05, 0.1) is 5.69 Å². The summed E-state index contributed by atoms with van der Waals surface area (Å²) >= 11 is 7.79. The van der Waals surface area contributed by atoms with Gasteiger partial charge in [0.2, 0.25) is 0 Å². The van der Waals surface area contributed by atoms with Crippen molar-refractivity contribution in [2.24, 2.45) is 4.40 Å². The number of nitrogens with zero attached hydrogens (tertiary/aromatic N) is 2. The van der Waals surface area contributed by atoms with Gasteiger partial charge >= 0.3 is 0 Å². The van der Waals surface area contributed by atoms with Crippen LogP contribution < -0.4 is 0 Å². The van der Waals surface area contributed by atoms with Gasteiger partial charge in [0, 0.05) is 4.47 Å². The van der Waals surface area contributed by atoms with Crippen LogP contribution in [0.1, 0.15) is 26.5 Å². The first-order chi connectivity index (χ1) is 7.29. The van der Waals surface area contributed by atoms with Crippen molar-refractivity contribution in [2.75, 3.05) is 0 Å². The van der Waals surface area contributed by atoms with E-state index in [1.165, 1.54) is 6.21 Å². The van der Waals surface area contributed by atoms with E-state index in [4.69, 9.17) is 11.6 Å². The summed E-state index contributed by atoms with van der Waals surface area (Å²) in [5.74, 6) is 0. The average Bonchev–Trinajstić information content (AvgIpc) is 2.11. The summed E-state index contributed by atoms with van der Waals surface area (Å²) in [6.07, 6.45) is 1.47. The Bertz CT molecular complexity index is 386. The second-order valence-corrected chi connectivity index (χ2v) is 7.37. The standard InChI is InChI=1S/C10H12BrClN2OS/c1-10(2,3)16(15)13-6-8-4-7(11)5-9(12)14-8/h4-6H,1-3H3. The second kappa shape index (κ2) is 5.49. The Hall–Kier alpha value is -0.100. The van der Waals surface area contributed by atoms with E-state index in [9.17, 15) is 4.55 Å². The molecule has 0 aliphatic heterocycles. The Morgan fingerprint density at radius 2 is 2.12 bits per heavy atom. The normalized spacial score (nSPS) is 14.4. The molecule has 3 nitrogen and oxygen atoms in total. The van der Waals surface area contributed by atoms with Gasteiger partial charge in [0.25, 0.3) is 0 Å². The molecule has 1 atom stereocenters. The summed E-state index contributed by atoms with van der Waals surface area (Å²) in [4.78, 5) is 4.04. The highest BCUT2D eigenvalue weighted by Crippen LogP contribution is 2.18.